The van der Waals surface area contributed by atoms with Crippen LogP contribution in [0.5, 0.6) is 0 Å². The van der Waals surface area contributed by atoms with Gasteiger partial charge in [0.25, 0.3) is 0 Å². The standard InChI is InChI=1S/C12H27N3Si/c1-13-5-3-12(4-6-13)11-14-7-9-15(16-2)10-8-14/h12H,3-11,16H2,1-2H3. The van der Waals surface area contributed by atoms with E-state index in [2.05, 4.69) is 28.0 Å². The predicted molar refractivity (Wildman–Crippen MR) is 72.6 cm³/mol. The number of nitrogens with zero attached hydrogens (tertiary/aromatic N) is 3. The van der Waals surface area contributed by atoms with Crippen molar-refractivity contribution in [2.24, 2.45) is 5.92 Å². The number of rotatable bonds is 3. The maximum Gasteiger partial charge on any atom is 0.0921 e. The van der Waals surface area contributed by atoms with E-state index in [0.717, 1.165) is 5.92 Å². The molecule has 0 bridgehead atoms. The van der Waals surface area contributed by atoms with Crippen molar-refractivity contribution in [1.29, 1.82) is 0 Å². The highest BCUT2D eigenvalue weighted by Crippen LogP contribution is 2.17. The summed E-state index contributed by atoms with van der Waals surface area (Å²) in [6.07, 6.45) is 2.83. The van der Waals surface area contributed by atoms with Gasteiger partial charge in [0, 0.05) is 32.7 Å². The molecule has 2 heterocycles. The summed E-state index contributed by atoms with van der Waals surface area (Å²) in [6.45, 7) is 11.7. The summed E-state index contributed by atoms with van der Waals surface area (Å²) in [5.74, 6) is 0.974. The van der Waals surface area contributed by atoms with Crippen molar-refractivity contribution >= 4 is 9.68 Å². The molecule has 0 N–H and O–H groups in total. The molecule has 0 aromatic carbocycles. The van der Waals surface area contributed by atoms with Crippen molar-refractivity contribution in [2.75, 3.05) is 52.9 Å². The lowest BCUT2D eigenvalue weighted by Crippen LogP contribution is -2.49. The Labute approximate surface area is 103 Å². The predicted octanol–water partition coefficient (Wildman–Crippen LogP) is 0.0777. The minimum absolute atomic E-state index is 0.108. The van der Waals surface area contributed by atoms with Gasteiger partial charge in [0.05, 0.1) is 9.68 Å². The van der Waals surface area contributed by atoms with Gasteiger partial charge in [-0.3, -0.25) is 0 Å². The Kier molecular flexibility index (Phi) is 4.82. The van der Waals surface area contributed by atoms with E-state index in [1.165, 1.54) is 58.7 Å². The van der Waals surface area contributed by atoms with Gasteiger partial charge in [0.15, 0.2) is 0 Å². The molecule has 94 valence electrons. The molecule has 0 radical (unpaired) electrons. The topological polar surface area (TPSA) is 9.72 Å². The largest absolute Gasteiger partial charge is 0.327 e. The molecule has 0 amide bonds. The molecule has 2 rings (SSSR count). The van der Waals surface area contributed by atoms with Gasteiger partial charge in [0.1, 0.15) is 0 Å². The van der Waals surface area contributed by atoms with Gasteiger partial charge in [0.2, 0.25) is 0 Å². The van der Waals surface area contributed by atoms with Crippen molar-refractivity contribution in [3.8, 4) is 0 Å². The Hall–Kier alpha value is 0.0969. The highest BCUT2D eigenvalue weighted by Gasteiger charge is 2.21. The maximum atomic E-state index is 2.70. The lowest BCUT2D eigenvalue weighted by Gasteiger charge is -2.38. The second-order valence-corrected chi connectivity index (χ2v) is 7.01. The number of hydrogen-bond acceptors (Lipinski definition) is 3. The fourth-order valence-corrected chi connectivity index (χ4v) is 3.81. The first-order chi connectivity index (χ1) is 7.78. The summed E-state index contributed by atoms with van der Waals surface area (Å²) in [4.78, 5) is 5.17. The van der Waals surface area contributed by atoms with Crippen molar-refractivity contribution in [2.45, 2.75) is 19.4 Å². The zero-order valence-electron chi connectivity index (χ0n) is 11.0. The van der Waals surface area contributed by atoms with Crippen LogP contribution in [-0.2, 0) is 0 Å². The molecule has 2 aliphatic heterocycles. The van der Waals surface area contributed by atoms with Crippen LogP contribution in [0, 0.1) is 5.92 Å². The molecule has 3 nitrogen and oxygen atoms in total. The molecule has 0 unspecified atom stereocenters. The van der Waals surface area contributed by atoms with Crippen LogP contribution >= 0.6 is 0 Å². The molecule has 16 heavy (non-hydrogen) atoms. The molecule has 0 aromatic heterocycles. The minimum Gasteiger partial charge on any atom is -0.327 e. The average Bonchev–Trinajstić information content (AvgIpc) is 2.33. The van der Waals surface area contributed by atoms with Crippen molar-refractivity contribution in [3.05, 3.63) is 0 Å². The molecule has 0 aromatic rings. The van der Waals surface area contributed by atoms with Gasteiger partial charge in [-0.2, -0.15) is 0 Å². The summed E-state index contributed by atoms with van der Waals surface area (Å²) in [5.41, 5.74) is 0. The molecule has 0 spiro atoms. The van der Waals surface area contributed by atoms with Gasteiger partial charge >= 0.3 is 0 Å². The fourth-order valence-electron chi connectivity index (χ4n) is 2.90. The smallest absolute Gasteiger partial charge is 0.0921 e. The van der Waals surface area contributed by atoms with E-state index in [-0.39, 0.29) is 9.68 Å². The van der Waals surface area contributed by atoms with Gasteiger partial charge in [-0.15, -0.1) is 0 Å². The van der Waals surface area contributed by atoms with E-state index in [0.29, 0.717) is 0 Å². The maximum absolute atomic E-state index is 2.70. The Bertz CT molecular complexity index is 196. The Morgan fingerprint density at radius 1 is 1.00 bits per heavy atom. The van der Waals surface area contributed by atoms with Crippen molar-refractivity contribution < 1.29 is 0 Å². The Morgan fingerprint density at radius 2 is 1.62 bits per heavy atom. The summed E-state index contributed by atoms with van der Waals surface area (Å²) in [6, 6.07) is 0. The van der Waals surface area contributed by atoms with E-state index < -0.39 is 0 Å². The monoisotopic (exact) mass is 241 g/mol. The number of likely N-dealkylation sites (tertiary alicyclic amines) is 1. The first-order valence-electron chi connectivity index (χ1n) is 6.91. The van der Waals surface area contributed by atoms with Gasteiger partial charge in [-0.05, 0) is 38.9 Å². The minimum atomic E-state index is 0.108. The quantitative estimate of drug-likeness (QED) is 0.648. The van der Waals surface area contributed by atoms with Gasteiger partial charge < -0.3 is 14.4 Å². The lowest BCUT2D eigenvalue weighted by molar-refractivity contribution is 0.130. The second-order valence-electron chi connectivity index (χ2n) is 5.48. The third kappa shape index (κ3) is 3.55. The van der Waals surface area contributed by atoms with Crippen LogP contribution in [0.25, 0.3) is 0 Å². The number of hydrogen-bond donors (Lipinski definition) is 0. The van der Waals surface area contributed by atoms with E-state index in [9.17, 15) is 0 Å². The van der Waals surface area contributed by atoms with Crippen LogP contribution in [-0.4, -0.2) is 76.9 Å². The van der Waals surface area contributed by atoms with Crippen LogP contribution in [0.3, 0.4) is 0 Å². The molecule has 0 saturated carbocycles. The molecule has 0 aliphatic carbocycles. The SMILES string of the molecule is C[SiH2]N1CCN(CC2CCN(C)CC2)CC1. The van der Waals surface area contributed by atoms with Crippen LogP contribution in [0.2, 0.25) is 6.55 Å². The van der Waals surface area contributed by atoms with Crippen molar-refractivity contribution in [1.82, 2.24) is 14.4 Å². The molecule has 2 saturated heterocycles. The highest BCUT2D eigenvalue weighted by atomic mass is 28.2. The molecule has 2 aliphatic rings. The Balaban J connectivity index is 1.66. The molecule has 4 heteroatoms. The van der Waals surface area contributed by atoms with E-state index >= 15 is 0 Å². The second kappa shape index (κ2) is 6.14. The number of piperidine rings is 1. The number of piperazine rings is 1. The Morgan fingerprint density at radius 3 is 2.19 bits per heavy atom. The van der Waals surface area contributed by atoms with Crippen LogP contribution < -0.4 is 0 Å². The van der Waals surface area contributed by atoms with Crippen LogP contribution in [0.4, 0.5) is 0 Å². The van der Waals surface area contributed by atoms with Crippen molar-refractivity contribution in [3.63, 3.8) is 0 Å². The zero-order chi connectivity index (χ0) is 11.4. The van der Waals surface area contributed by atoms with Crippen LogP contribution in [0.1, 0.15) is 12.8 Å². The third-order valence-corrected chi connectivity index (χ3v) is 5.79. The summed E-state index contributed by atoms with van der Waals surface area (Å²) < 4.78 is 2.70. The average molecular weight is 241 g/mol. The third-order valence-electron chi connectivity index (χ3n) is 4.27. The lowest BCUT2D eigenvalue weighted by atomic mass is 9.96. The van der Waals surface area contributed by atoms with E-state index in [1.807, 2.05) is 0 Å². The zero-order valence-corrected chi connectivity index (χ0v) is 12.4. The molecular weight excluding hydrogens is 214 g/mol. The van der Waals surface area contributed by atoms with Gasteiger partial charge in [-0.1, -0.05) is 6.55 Å². The van der Waals surface area contributed by atoms with Crippen LogP contribution in [0.15, 0.2) is 0 Å². The first-order valence-corrected chi connectivity index (χ1v) is 8.96. The molecule has 2 fully saturated rings. The summed E-state index contributed by atoms with van der Waals surface area (Å²) in [5, 5.41) is 0. The van der Waals surface area contributed by atoms with E-state index in [4.69, 9.17) is 0 Å². The van der Waals surface area contributed by atoms with Gasteiger partial charge in [-0.25, -0.2) is 0 Å². The van der Waals surface area contributed by atoms with E-state index in [1.54, 1.807) is 0 Å². The molecular formula is C12H27N3Si. The summed E-state index contributed by atoms with van der Waals surface area (Å²) >= 11 is 0. The normalized spacial score (nSPS) is 28.1. The fraction of sp³-hybridized carbons (Fsp3) is 1.00. The molecule has 0 atom stereocenters. The highest BCUT2D eigenvalue weighted by molar-refractivity contribution is 6.29. The first kappa shape index (κ1) is 12.6. The summed E-state index contributed by atoms with van der Waals surface area (Å²) in [7, 11) is 2.36.